The molecule has 7 nitrogen and oxygen atoms in total. The molecule has 0 aromatic carbocycles. The van der Waals surface area contributed by atoms with Crippen molar-refractivity contribution >= 4 is 17.5 Å². The molecule has 3 heterocycles. The number of nitrogens with zero attached hydrogens (tertiary/aromatic N) is 6. The lowest BCUT2D eigenvalue weighted by Crippen LogP contribution is -2.49. The normalized spacial score (nSPS) is 14.5. The van der Waals surface area contributed by atoms with Crippen molar-refractivity contribution < 1.29 is 4.79 Å². The number of piperazine rings is 1. The van der Waals surface area contributed by atoms with Crippen molar-refractivity contribution in [3.8, 4) is 0 Å². The monoisotopic (exact) mass is 340 g/mol. The molecular formula is C18H24N6O. The van der Waals surface area contributed by atoms with Gasteiger partial charge < -0.3 is 14.7 Å². The van der Waals surface area contributed by atoms with Crippen molar-refractivity contribution in [1.82, 2.24) is 19.9 Å². The number of anilines is 2. The van der Waals surface area contributed by atoms with Crippen LogP contribution >= 0.6 is 0 Å². The quantitative estimate of drug-likeness (QED) is 0.825. The Hall–Kier alpha value is -2.70. The Balaban J connectivity index is 1.61. The molecule has 132 valence electrons. The van der Waals surface area contributed by atoms with E-state index in [1.807, 2.05) is 23.1 Å². The van der Waals surface area contributed by atoms with E-state index in [1.54, 1.807) is 18.6 Å². The van der Waals surface area contributed by atoms with Crippen molar-refractivity contribution in [2.75, 3.05) is 49.1 Å². The second-order valence-corrected chi connectivity index (χ2v) is 5.90. The van der Waals surface area contributed by atoms with Crippen LogP contribution in [0.1, 0.15) is 24.3 Å². The lowest BCUT2D eigenvalue weighted by molar-refractivity contribution is 0.0740. The van der Waals surface area contributed by atoms with Crippen LogP contribution in [-0.2, 0) is 0 Å². The van der Waals surface area contributed by atoms with Gasteiger partial charge in [-0.05, 0) is 26.0 Å². The molecule has 2 aromatic heterocycles. The second-order valence-electron chi connectivity index (χ2n) is 5.90. The Morgan fingerprint density at radius 2 is 1.80 bits per heavy atom. The van der Waals surface area contributed by atoms with E-state index in [4.69, 9.17) is 0 Å². The van der Waals surface area contributed by atoms with Gasteiger partial charge in [0.25, 0.3) is 5.91 Å². The number of pyridine rings is 1. The summed E-state index contributed by atoms with van der Waals surface area (Å²) in [7, 11) is 0. The van der Waals surface area contributed by atoms with Crippen molar-refractivity contribution in [2.24, 2.45) is 0 Å². The van der Waals surface area contributed by atoms with E-state index in [2.05, 4.69) is 38.6 Å². The lowest BCUT2D eigenvalue weighted by Gasteiger charge is -2.35. The standard InChI is InChI=1S/C18H24N6O/c1-3-22(4-2)17-14-20-15(13-21-17)18(25)24-11-9-23(10-12-24)16-7-5-6-8-19-16/h5-8,13-14H,3-4,9-12H2,1-2H3. The maximum absolute atomic E-state index is 12.6. The Kier molecular flexibility index (Phi) is 5.42. The van der Waals surface area contributed by atoms with Gasteiger partial charge in [0.2, 0.25) is 0 Å². The highest BCUT2D eigenvalue weighted by Gasteiger charge is 2.23. The third kappa shape index (κ3) is 3.87. The van der Waals surface area contributed by atoms with Crippen LogP contribution in [0, 0.1) is 0 Å². The van der Waals surface area contributed by atoms with Gasteiger partial charge in [-0.3, -0.25) is 4.79 Å². The van der Waals surface area contributed by atoms with Gasteiger partial charge in [0.15, 0.2) is 0 Å². The molecule has 1 aliphatic rings. The number of carbonyl (C=O) groups excluding carboxylic acids is 1. The minimum atomic E-state index is -0.0562. The van der Waals surface area contributed by atoms with Crippen LogP contribution in [-0.4, -0.2) is 65.0 Å². The maximum Gasteiger partial charge on any atom is 0.274 e. The van der Waals surface area contributed by atoms with E-state index in [9.17, 15) is 4.79 Å². The predicted molar refractivity (Wildman–Crippen MR) is 97.9 cm³/mol. The Morgan fingerprint density at radius 3 is 2.36 bits per heavy atom. The third-order valence-electron chi connectivity index (χ3n) is 4.48. The number of rotatable bonds is 5. The molecule has 0 spiro atoms. The van der Waals surface area contributed by atoms with Crippen LogP contribution in [0.3, 0.4) is 0 Å². The first-order valence-electron chi connectivity index (χ1n) is 8.75. The van der Waals surface area contributed by atoms with E-state index in [0.717, 1.165) is 37.8 Å². The van der Waals surface area contributed by atoms with E-state index < -0.39 is 0 Å². The molecule has 0 N–H and O–H groups in total. The van der Waals surface area contributed by atoms with Crippen molar-refractivity contribution in [3.63, 3.8) is 0 Å². The molecule has 0 aliphatic carbocycles. The van der Waals surface area contributed by atoms with Gasteiger partial charge in [0.1, 0.15) is 17.3 Å². The van der Waals surface area contributed by atoms with Gasteiger partial charge in [-0.2, -0.15) is 0 Å². The van der Waals surface area contributed by atoms with E-state index in [1.165, 1.54) is 0 Å². The summed E-state index contributed by atoms with van der Waals surface area (Å²) < 4.78 is 0. The first kappa shape index (κ1) is 17.1. The van der Waals surface area contributed by atoms with Crippen LogP contribution < -0.4 is 9.80 Å². The predicted octanol–water partition coefficient (Wildman–Crippen LogP) is 1.68. The van der Waals surface area contributed by atoms with Crippen molar-refractivity contribution in [1.29, 1.82) is 0 Å². The molecule has 1 amide bonds. The van der Waals surface area contributed by atoms with Crippen molar-refractivity contribution in [3.05, 3.63) is 42.5 Å². The summed E-state index contributed by atoms with van der Waals surface area (Å²) >= 11 is 0. The van der Waals surface area contributed by atoms with Crippen LogP contribution in [0.15, 0.2) is 36.8 Å². The summed E-state index contributed by atoms with van der Waals surface area (Å²) in [6, 6.07) is 5.88. The van der Waals surface area contributed by atoms with E-state index >= 15 is 0 Å². The molecule has 0 bridgehead atoms. The molecule has 25 heavy (non-hydrogen) atoms. The average Bonchev–Trinajstić information content (AvgIpc) is 2.70. The van der Waals surface area contributed by atoms with E-state index in [-0.39, 0.29) is 5.91 Å². The molecular weight excluding hydrogens is 316 g/mol. The second kappa shape index (κ2) is 7.92. The Morgan fingerprint density at radius 1 is 1.04 bits per heavy atom. The van der Waals surface area contributed by atoms with Crippen LogP contribution in [0.2, 0.25) is 0 Å². The largest absolute Gasteiger partial charge is 0.356 e. The smallest absolute Gasteiger partial charge is 0.274 e. The molecule has 1 fully saturated rings. The maximum atomic E-state index is 12.6. The summed E-state index contributed by atoms with van der Waals surface area (Å²) in [5, 5.41) is 0. The Bertz CT molecular complexity index is 678. The first-order valence-corrected chi connectivity index (χ1v) is 8.75. The first-order chi connectivity index (χ1) is 12.2. The lowest BCUT2D eigenvalue weighted by atomic mass is 10.2. The SMILES string of the molecule is CCN(CC)c1cnc(C(=O)N2CCN(c3ccccn3)CC2)cn1. The fourth-order valence-corrected chi connectivity index (χ4v) is 2.98. The number of carbonyl (C=O) groups is 1. The summed E-state index contributed by atoms with van der Waals surface area (Å²) in [5.74, 6) is 1.71. The number of aromatic nitrogens is 3. The van der Waals surface area contributed by atoms with Gasteiger partial charge >= 0.3 is 0 Å². The minimum absolute atomic E-state index is 0.0562. The fraction of sp³-hybridized carbons (Fsp3) is 0.444. The Labute approximate surface area is 148 Å². The highest BCUT2D eigenvalue weighted by Crippen LogP contribution is 2.14. The third-order valence-corrected chi connectivity index (χ3v) is 4.48. The zero-order valence-electron chi connectivity index (χ0n) is 14.8. The van der Waals surface area contributed by atoms with Gasteiger partial charge in [-0.1, -0.05) is 6.07 Å². The molecule has 2 aromatic rings. The molecule has 7 heteroatoms. The number of amides is 1. The number of hydrogen-bond acceptors (Lipinski definition) is 6. The highest BCUT2D eigenvalue weighted by atomic mass is 16.2. The summed E-state index contributed by atoms with van der Waals surface area (Å²) in [4.78, 5) is 31.9. The number of hydrogen-bond donors (Lipinski definition) is 0. The van der Waals surface area contributed by atoms with Gasteiger partial charge in [0, 0.05) is 45.5 Å². The van der Waals surface area contributed by atoms with Crippen molar-refractivity contribution in [2.45, 2.75) is 13.8 Å². The summed E-state index contributed by atoms with van der Waals surface area (Å²) in [5.41, 5.74) is 0.405. The van der Waals surface area contributed by atoms with Crippen LogP contribution in [0.25, 0.3) is 0 Å². The molecule has 0 atom stereocenters. The molecule has 0 saturated carbocycles. The highest BCUT2D eigenvalue weighted by molar-refractivity contribution is 5.92. The minimum Gasteiger partial charge on any atom is -0.356 e. The molecule has 0 radical (unpaired) electrons. The van der Waals surface area contributed by atoms with E-state index in [0.29, 0.717) is 18.8 Å². The molecule has 3 rings (SSSR count). The van der Waals surface area contributed by atoms with Gasteiger partial charge in [0.05, 0.1) is 12.4 Å². The zero-order chi connectivity index (χ0) is 17.6. The van der Waals surface area contributed by atoms with Gasteiger partial charge in [-0.25, -0.2) is 15.0 Å². The van der Waals surface area contributed by atoms with Crippen LogP contribution in [0.4, 0.5) is 11.6 Å². The molecule has 1 saturated heterocycles. The average molecular weight is 340 g/mol. The fourth-order valence-electron chi connectivity index (χ4n) is 2.98. The molecule has 1 aliphatic heterocycles. The summed E-state index contributed by atoms with van der Waals surface area (Å²) in [6.07, 6.45) is 5.06. The zero-order valence-corrected chi connectivity index (χ0v) is 14.8. The van der Waals surface area contributed by atoms with Gasteiger partial charge in [-0.15, -0.1) is 0 Å². The topological polar surface area (TPSA) is 65.5 Å². The van der Waals surface area contributed by atoms with Crippen LogP contribution in [0.5, 0.6) is 0 Å². The molecule has 0 unspecified atom stereocenters. The summed E-state index contributed by atoms with van der Waals surface area (Å²) in [6.45, 7) is 8.75.